The number of ether oxygens (including phenoxy) is 2. The van der Waals surface area contributed by atoms with Crippen molar-refractivity contribution in [3.63, 3.8) is 0 Å². The van der Waals surface area contributed by atoms with Crippen LogP contribution in [0.15, 0.2) is 48.5 Å². The van der Waals surface area contributed by atoms with Crippen LogP contribution >= 0.6 is 11.3 Å². The van der Waals surface area contributed by atoms with Crippen LogP contribution in [0.3, 0.4) is 0 Å². The van der Waals surface area contributed by atoms with Crippen LogP contribution in [0.25, 0.3) is 15.8 Å². The second kappa shape index (κ2) is 12.0. The van der Waals surface area contributed by atoms with E-state index in [0.717, 1.165) is 21.4 Å². The minimum absolute atomic E-state index is 0.0738. The molecule has 0 bridgehead atoms. The lowest BCUT2D eigenvalue weighted by atomic mass is 10.0. The Morgan fingerprint density at radius 2 is 1.88 bits per heavy atom. The Bertz CT molecular complexity index is 1520. The average molecular weight is 604 g/mol. The summed E-state index contributed by atoms with van der Waals surface area (Å²) < 4.78 is 52.4. The van der Waals surface area contributed by atoms with Gasteiger partial charge in [-0.3, -0.25) is 0 Å². The van der Waals surface area contributed by atoms with Gasteiger partial charge >= 0.3 is 6.09 Å². The van der Waals surface area contributed by atoms with Gasteiger partial charge in [-0.15, -0.1) is 0 Å². The molecule has 41 heavy (non-hydrogen) atoms. The van der Waals surface area contributed by atoms with Crippen LogP contribution in [0.4, 0.5) is 9.18 Å². The van der Waals surface area contributed by atoms with Crippen LogP contribution in [-0.4, -0.2) is 77.4 Å². The van der Waals surface area contributed by atoms with Gasteiger partial charge in [0.2, 0.25) is 10.0 Å². The van der Waals surface area contributed by atoms with Gasteiger partial charge in [0.05, 0.1) is 21.6 Å². The minimum atomic E-state index is -3.43. The van der Waals surface area contributed by atoms with Gasteiger partial charge in [0.25, 0.3) is 5.19 Å². The van der Waals surface area contributed by atoms with Gasteiger partial charge in [-0.1, -0.05) is 23.5 Å². The minimum Gasteiger partial charge on any atom is -0.467 e. The molecule has 2 aromatic carbocycles. The van der Waals surface area contributed by atoms with Gasteiger partial charge in [0.15, 0.2) is 0 Å². The molecule has 5 rings (SSSR count). The van der Waals surface area contributed by atoms with Gasteiger partial charge < -0.3 is 19.5 Å². The van der Waals surface area contributed by atoms with Crippen molar-refractivity contribution in [1.82, 2.24) is 14.2 Å². The smallest absolute Gasteiger partial charge is 0.415 e. The van der Waals surface area contributed by atoms with E-state index in [-0.39, 0.29) is 24.1 Å². The quantitative estimate of drug-likeness (QED) is 0.384. The molecule has 1 aromatic heterocycles. The van der Waals surface area contributed by atoms with E-state index < -0.39 is 21.7 Å². The van der Waals surface area contributed by atoms with E-state index >= 15 is 0 Å². The molecule has 3 heterocycles. The molecule has 2 aliphatic rings. The molecule has 0 aliphatic carbocycles. The van der Waals surface area contributed by atoms with Crippen molar-refractivity contribution in [3.05, 3.63) is 59.9 Å². The number of amides is 1. The number of piperidine rings is 1. The summed E-state index contributed by atoms with van der Waals surface area (Å²) in [5, 5.41) is 10.5. The van der Waals surface area contributed by atoms with Gasteiger partial charge in [-0.25, -0.2) is 22.6 Å². The molecule has 1 fully saturated rings. The fourth-order valence-corrected chi connectivity index (χ4v) is 7.40. The van der Waals surface area contributed by atoms with Gasteiger partial charge in [0.1, 0.15) is 17.7 Å². The third-order valence-electron chi connectivity index (χ3n) is 7.26. The van der Waals surface area contributed by atoms with E-state index in [9.17, 15) is 22.7 Å². The number of aliphatic hydroxyl groups is 1. The number of thiazole rings is 1. The third kappa shape index (κ3) is 7.62. The Morgan fingerprint density at radius 1 is 1.15 bits per heavy atom. The van der Waals surface area contributed by atoms with E-state index in [1.807, 2.05) is 18.2 Å². The number of aromatic nitrogens is 1. The number of halogens is 1. The van der Waals surface area contributed by atoms with Crippen LogP contribution in [0.1, 0.15) is 45.1 Å². The van der Waals surface area contributed by atoms with Crippen LogP contribution in [-0.2, 0) is 10.0 Å². The number of hydrogen-bond donors (Lipinski definition) is 1. The van der Waals surface area contributed by atoms with Gasteiger partial charge in [-0.05, 0) is 74.2 Å². The van der Waals surface area contributed by atoms with Crippen molar-refractivity contribution in [2.24, 2.45) is 0 Å². The number of hydrogen-bond acceptors (Lipinski definition) is 8. The molecule has 9 nitrogen and oxygen atoms in total. The first-order chi connectivity index (χ1) is 19.4. The van der Waals surface area contributed by atoms with Crippen molar-refractivity contribution >= 4 is 43.2 Å². The molecule has 1 N–H and O–H groups in total. The standard InChI is InChI=1S/C29H34FN3O6S2/c1-29(2,35)13-18-41(36,37)33-16-9-20(10-17-33)21-3-8-25-26(19-21)40-27(31-25)38-24-11-14-32(15-12-24)28(34)39-23-6-4-22(30)5-7-23/h3-9,19,24,35H,10-18H2,1-2H3. The number of nitrogens with zero attached hydrogens (tertiary/aromatic N) is 3. The number of likely N-dealkylation sites (tertiary alicyclic amines) is 1. The van der Waals surface area contributed by atoms with Crippen molar-refractivity contribution in [3.8, 4) is 10.9 Å². The highest BCUT2D eigenvalue weighted by molar-refractivity contribution is 7.89. The molecule has 0 unspecified atom stereocenters. The zero-order valence-corrected chi connectivity index (χ0v) is 24.7. The Kier molecular flexibility index (Phi) is 8.65. The molecule has 0 saturated carbocycles. The normalized spacial score (nSPS) is 17.5. The second-order valence-electron chi connectivity index (χ2n) is 11.0. The molecule has 0 spiro atoms. The summed E-state index contributed by atoms with van der Waals surface area (Å²) in [6.07, 6.45) is 3.50. The van der Waals surface area contributed by atoms with E-state index in [4.69, 9.17) is 9.47 Å². The number of carbonyl (C=O) groups excluding carboxylic acids is 1. The van der Waals surface area contributed by atoms with Crippen molar-refractivity contribution in [2.45, 2.75) is 51.2 Å². The molecule has 1 saturated heterocycles. The van der Waals surface area contributed by atoms with Gasteiger partial charge in [-0.2, -0.15) is 4.31 Å². The number of rotatable bonds is 8. The van der Waals surface area contributed by atoms with Crippen LogP contribution in [0.5, 0.6) is 10.9 Å². The molecule has 3 aromatic rings. The lowest BCUT2D eigenvalue weighted by Gasteiger charge is -2.30. The zero-order valence-electron chi connectivity index (χ0n) is 23.1. The van der Waals surface area contributed by atoms with Crippen LogP contribution in [0.2, 0.25) is 0 Å². The molecule has 220 valence electrons. The summed E-state index contributed by atoms with van der Waals surface area (Å²) in [4.78, 5) is 18.7. The van der Waals surface area contributed by atoms with Crippen LogP contribution < -0.4 is 9.47 Å². The molecule has 1 amide bonds. The molecule has 12 heteroatoms. The second-order valence-corrected chi connectivity index (χ2v) is 14.1. The third-order valence-corrected chi connectivity index (χ3v) is 10.0. The van der Waals surface area contributed by atoms with Crippen molar-refractivity contribution in [2.75, 3.05) is 31.9 Å². The van der Waals surface area contributed by atoms with Gasteiger partial charge in [0, 0.05) is 39.0 Å². The summed E-state index contributed by atoms with van der Waals surface area (Å²) in [6, 6.07) is 11.4. The van der Waals surface area contributed by atoms with E-state index in [2.05, 4.69) is 11.1 Å². The summed E-state index contributed by atoms with van der Waals surface area (Å²) in [7, 11) is -3.43. The molecule has 2 aliphatic heterocycles. The SMILES string of the molecule is CC(C)(O)CCS(=O)(=O)N1CC=C(c2ccc3nc(OC4CCN(C(=O)Oc5ccc(F)cc5)CC4)sc3c2)CC1. The average Bonchev–Trinajstić information content (AvgIpc) is 3.35. The lowest BCUT2D eigenvalue weighted by molar-refractivity contribution is 0.0769. The van der Waals surface area contributed by atoms with E-state index in [0.29, 0.717) is 56.4 Å². The summed E-state index contributed by atoms with van der Waals surface area (Å²) in [6.45, 7) is 4.92. The van der Waals surface area contributed by atoms with E-state index in [1.54, 1.807) is 18.7 Å². The lowest BCUT2D eigenvalue weighted by Crippen LogP contribution is -2.43. The Morgan fingerprint density at radius 3 is 2.54 bits per heavy atom. The predicted molar refractivity (Wildman–Crippen MR) is 156 cm³/mol. The molecule has 0 radical (unpaired) electrons. The highest BCUT2D eigenvalue weighted by Gasteiger charge is 2.28. The first kappa shape index (κ1) is 29.4. The highest BCUT2D eigenvalue weighted by Crippen LogP contribution is 2.33. The number of benzene rings is 2. The number of fused-ring (bicyclic) bond motifs is 1. The maximum Gasteiger partial charge on any atom is 0.415 e. The fourth-order valence-electron chi connectivity index (χ4n) is 4.79. The zero-order chi connectivity index (χ0) is 29.2. The Balaban J connectivity index is 1.15. The van der Waals surface area contributed by atoms with Crippen molar-refractivity contribution in [1.29, 1.82) is 0 Å². The Hall–Kier alpha value is -3.06. The van der Waals surface area contributed by atoms with Crippen LogP contribution in [0, 0.1) is 5.82 Å². The largest absolute Gasteiger partial charge is 0.467 e. The predicted octanol–water partition coefficient (Wildman–Crippen LogP) is 5.06. The highest BCUT2D eigenvalue weighted by atomic mass is 32.2. The molecule has 0 atom stereocenters. The molecular formula is C29H34FN3O6S2. The fraction of sp³-hybridized carbons (Fsp3) is 0.448. The summed E-state index contributed by atoms with van der Waals surface area (Å²) in [5.74, 6) is -0.162. The summed E-state index contributed by atoms with van der Waals surface area (Å²) >= 11 is 1.47. The number of carbonyl (C=O) groups is 1. The van der Waals surface area contributed by atoms with Crippen molar-refractivity contribution < 1.29 is 32.2 Å². The number of sulfonamides is 1. The van der Waals surface area contributed by atoms with E-state index in [1.165, 1.54) is 39.9 Å². The summed E-state index contributed by atoms with van der Waals surface area (Å²) in [5.41, 5.74) is 1.95. The maximum atomic E-state index is 13.1. The monoisotopic (exact) mass is 603 g/mol. The molecular weight excluding hydrogens is 569 g/mol. The topological polar surface area (TPSA) is 109 Å². The maximum absolute atomic E-state index is 13.1. The first-order valence-electron chi connectivity index (χ1n) is 13.6. The Labute approximate surface area is 243 Å². The first-order valence-corrected chi connectivity index (χ1v) is 16.1.